The molecule has 2 aromatic carbocycles. The summed E-state index contributed by atoms with van der Waals surface area (Å²) in [6, 6.07) is 7.96. The summed E-state index contributed by atoms with van der Waals surface area (Å²) in [6.45, 7) is 0. The molecule has 98 valence electrons. The van der Waals surface area contributed by atoms with Crippen LogP contribution in [0.3, 0.4) is 0 Å². The zero-order valence-electron chi connectivity index (χ0n) is 9.59. The Bertz CT molecular complexity index is 641. The molecule has 0 saturated carbocycles. The summed E-state index contributed by atoms with van der Waals surface area (Å²) in [6.07, 6.45) is -0.0233. The van der Waals surface area contributed by atoms with Gasteiger partial charge in [-0.2, -0.15) is 0 Å². The van der Waals surface area contributed by atoms with Crippen molar-refractivity contribution in [2.24, 2.45) is 0 Å². The monoisotopic (exact) mass is 300 g/mol. The maximum absolute atomic E-state index is 13.0. The number of carbonyl (C=O) groups excluding carboxylic acids is 1. The molecule has 1 nitrogen and oxygen atoms in total. The van der Waals surface area contributed by atoms with Crippen LogP contribution in [0.5, 0.6) is 0 Å². The van der Waals surface area contributed by atoms with Crippen LogP contribution in [0.4, 0.5) is 8.78 Å². The van der Waals surface area contributed by atoms with Gasteiger partial charge in [-0.15, -0.1) is 0 Å². The number of hydrogen-bond acceptors (Lipinski definition) is 1. The van der Waals surface area contributed by atoms with Crippen molar-refractivity contribution in [2.75, 3.05) is 0 Å². The molecule has 0 fully saturated rings. The van der Waals surface area contributed by atoms with Crippen LogP contribution < -0.4 is 0 Å². The van der Waals surface area contributed by atoms with E-state index >= 15 is 0 Å². The van der Waals surface area contributed by atoms with Crippen LogP contribution in [0.25, 0.3) is 0 Å². The second kappa shape index (κ2) is 5.68. The summed E-state index contributed by atoms with van der Waals surface area (Å²) >= 11 is 11.8. The average Bonchev–Trinajstić information content (AvgIpc) is 2.38. The molecular formula is C14H8Cl2F2O. The lowest BCUT2D eigenvalue weighted by molar-refractivity contribution is 0.0992. The molecule has 0 unspecified atom stereocenters. The van der Waals surface area contributed by atoms with E-state index in [1.165, 1.54) is 6.07 Å². The third-order valence-electron chi connectivity index (χ3n) is 2.62. The van der Waals surface area contributed by atoms with E-state index < -0.39 is 11.6 Å². The Hall–Kier alpha value is -1.45. The molecule has 5 heteroatoms. The minimum atomic E-state index is -1.05. The van der Waals surface area contributed by atoms with Gasteiger partial charge < -0.3 is 0 Å². The molecule has 0 saturated heterocycles. The Morgan fingerprint density at radius 1 is 1.05 bits per heavy atom. The topological polar surface area (TPSA) is 17.1 Å². The first-order valence-corrected chi connectivity index (χ1v) is 6.16. The standard InChI is InChI=1S/C14H8Cl2F2O/c15-10-3-1-2-9(14(10)16)7-13(19)8-4-5-11(17)12(18)6-8/h1-6H,7H2. The summed E-state index contributed by atoms with van der Waals surface area (Å²) in [5.41, 5.74) is 0.638. The lowest BCUT2D eigenvalue weighted by Crippen LogP contribution is -2.05. The predicted octanol–water partition coefficient (Wildman–Crippen LogP) is 4.70. The molecule has 0 aromatic heterocycles. The highest BCUT2D eigenvalue weighted by molar-refractivity contribution is 6.42. The van der Waals surface area contributed by atoms with Crippen LogP contribution in [0.15, 0.2) is 36.4 Å². The van der Waals surface area contributed by atoms with Gasteiger partial charge in [0.05, 0.1) is 10.0 Å². The summed E-state index contributed by atoms with van der Waals surface area (Å²) in [7, 11) is 0. The maximum atomic E-state index is 13.0. The zero-order valence-corrected chi connectivity index (χ0v) is 11.1. The van der Waals surface area contributed by atoms with Gasteiger partial charge in [0.15, 0.2) is 17.4 Å². The second-order valence-electron chi connectivity index (χ2n) is 3.94. The highest BCUT2D eigenvalue weighted by Crippen LogP contribution is 2.26. The number of halogens is 4. The first-order chi connectivity index (χ1) is 8.99. The van der Waals surface area contributed by atoms with Gasteiger partial charge in [-0.3, -0.25) is 4.79 Å². The Morgan fingerprint density at radius 2 is 1.79 bits per heavy atom. The summed E-state index contributed by atoms with van der Waals surface area (Å²) < 4.78 is 25.8. The van der Waals surface area contributed by atoms with Gasteiger partial charge >= 0.3 is 0 Å². The van der Waals surface area contributed by atoms with Crippen LogP contribution >= 0.6 is 23.2 Å². The second-order valence-corrected chi connectivity index (χ2v) is 4.73. The van der Waals surface area contributed by atoms with E-state index in [0.29, 0.717) is 15.6 Å². The smallest absolute Gasteiger partial charge is 0.167 e. The van der Waals surface area contributed by atoms with Gasteiger partial charge in [0.2, 0.25) is 0 Å². The van der Waals surface area contributed by atoms with Gasteiger partial charge in [-0.1, -0.05) is 35.3 Å². The van der Waals surface area contributed by atoms with Crippen molar-refractivity contribution in [3.8, 4) is 0 Å². The molecule has 0 N–H and O–H groups in total. The highest BCUT2D eigenvalue weighted by Gasteiger charge is 2.13. The molecule has 2 rings (SSSR count). The minimum absolute atomic E-state index is 0.0233. The van der Waals surface area contributed by atoms with Gasteiger partial charge in [0.1, 0.15) is 0 Å². The molecule has 0 amide bonds. The molecular weight excluding hydrogens is 293 g/mol. The van der Waals surface area contributed by atoms with Crippen LogP contribution in [-0.2, 0) is 6.42 Å². The van der Waals surface area contributed by atoms with Crippen molar-refractivity contribution in [3.05, 3.63) is 69.2 Å². The molecule has 19 heavy (non-hydrogen) atoms. The van der Waals surface area contributed by atoms with Crippen LogP contribution in [0.1, 0.15) is 15.9 Å². The fraction of sp³-hybridized carbons (Fsp3) is 0.0714. The van der Waals surface area contributed by atoms with E-state index in [0.717, 1.165) is 12.1 Å². The number of carbonyl (C=O) groups is 1. The van der Waals surface area contributed by atoms with Crippen molar-refractivity contribution >= 4 is 29.0 Å². The molecule has 0 aliphatic carbocycles. The number of Topliss-reactive ketones (excluding diaryl/α,β-unsaturated/α-hetero) is 1. The third-order valence-corrected chi connectivity index (χ3v) is 3.48. The van der Waals surface area contributed by atoms with E-state index in [1.54, 1.807) is 18.2 Å². The lowest BCUT2D eigenvalue weighted by atomic mass is 10.0. The largest absolute Gasteiger partial charge is 0.294 e. The molecule has 0 aliphatic heterocycles. The SMILES string of the molecule is O=C(Cc1cccc(Cl)c1Cl)c1ccc(F)c(F)c1. The van der Waals surface area contributed by atoms with Crippen molar-refractivity contribution in [1.82, 2.24) is 0 Å². The zero-order chi connectivity index (χ0) is 14.0. The lowest BCUT2D eigenvalue weighted by Gasteiger charge is -2.05. The molecule has 0 spiro atoms. The molecule has 0 atom stereocenters. The maximum Gasteiger partial charge on any atom is 0.167 e. The number of rotatable bonds is 3. The van der Waals surface area contributed by atoms with Crippen molar-refractivity contribution < 1.29 is 13.6 Å². The van der Waals surface area contributed by atoms with Crippen molar-refractivity contribution in [2.45, 2.75) is 6.42 Å². The van der Waals surface area contributed by atoms with E-state index in [-0.39, 0.29) is 17.8 Å². The Balaban J connectivity index is 2.26. The Kier molecular flexibility index (Phi) is 4.17. The van der Waals surface area contributed by atoms with Crippen molar-refractivity contribution in [1.29, 1.82) is 0 Å². The quantitative estimate of drug-likeness (QED) is 0.751. The van der Waals surface area contributed by atoms with Crippen molar-refractivity contribution in [3.63, 3.8) is 0 Å². The summed E-state index contributed by atoms with van der Waals surface area (Å²) in [5.74, 6) is -2.40. The number of hydrogen-bond donors (Lipinski definition) is 0. The first kappa shape index (κ1) is 14.0. The fourth-order valence-electron chi connectivity index (χ4n) is 1.63. The van der Waals surface area contributed by atoms with Crippen LogP contribution in [-0.4, -0.2) is 5.78 Å². The molecule has 2 aromatic rings. The molecule has 0 radical (unpaired) electrons. The number of benzene rings is 2. The van der Waals surface area contributed by atoms with Gasteiger partial charge in [0.25, 0.3) is 0 Å². The predicted molar refractivity (Wildman–Crippen MR) is 70.9 cm³/mol. The third kappa shape index (κ3) is 3.11. The van der Waals surface area contributed by atoms with Gasteiger partial charge in [-0.05, 0) is 29.8 Å². The Morgan fingerprint density at radius 3 is 2.47 bits per heavy atom. The molecule has 0 bridgehead atoms. The molecule has 0 heterocycles. The highest BCUT2D eigenvalue weighted by atomic mass is 35.5. The summed E-state index contributed by atoms with van der Waals surface area (Å²) in [5, 5.41) is 0.636. The molecule has 0 aliphatic rings. The normalized spacial score (nSPS) is 10.5. The summed E-state index contributed by atoms with van der Waals surface area (Å²) in [4.78, 5) is 12.0. The minimum Gasteiger partial charge on any atom is -0.294 e. The average molecular weight is 301 g/mol. The van der Waals surface area contributed by atoms with Gasteiger partial charge in [0, 0.05) is 12.0 Å². The van der Waals surface area contributed by atoms with Gasteiger partial charge in [-0.25, -0.2) is 8.78 Å². The Labute approximate surface area is 118 Å². The van der Waals surface area contributed by atoms with E-state index in [9.17, 15) is 13.6 Å². The fourth-order valence-corrected chi connectivity index (χ4v) is 2.02. The van der Waals surface area contributed by atoms with E-state index in [4.69, 9.17) is 23.2 Å². The first-order valence-electron chi connectivity index (χ1n) is 5.40. The van der Waals surface area contributed by atoms with Crippen LogP contribution in [0.2, 0.25) is 10.0 Å². The number of ketones is 1. The van der Waals surface area contributed by atoms with E-state index in [1.807, 2.05) is 0 Å². The van der Waals surface area contributed by atoms with E-state index in [2.05, 4.69) is 0 Å². The van der Waals surface area contributed by atoms with Crippen LogP contribution in [0, 0.1) is 11.6 Å².